The van der Waals surface area contributed by atoms with Crippen molar-refractivity contribution >= 4 is 11.9 Å². The minimum absolute atomic E-state index is 0. The number of unbranched alkanes of at least 4 members (excludes halogenated alkanes) is 2. The van der Waals surface area contributed by atoms with Crippen LogP contribution in [-0.2, 0) is 9.59 Å². The van der Waals surface area contributed by atoms with Crippen molar-refractivity contribution in [2.24, 2.45) is 0 Å². The van der Waals surface area contributed by atoms with E-state index in [0.717, 1.165) is 25.7 Å². The number of carbonyl (C=O) groups is 2. The fourth-order valence-electron chi connectivity index (χ4n) is 2.20. The number of quaternary nitrogens is 1. The predicted octanol–water partition coefficient (Wildman–Crippen LogP) is -2.49. The van der Waals surface area contributed by atoms with E-state index in [-0.39, 0.29) is 66.7 Å². The molecule has 0 fully saturated rings. The third-order valence-electron chi connectivity index (χ3n) is 3.55. The molecule has 0 rings (SSSR count). The van der Waals surface area contributed by atoms with Crippen LogP contribution in [0.3, 0.4) is 0 Å². The number of hydrogen-bond acceptors (Lipinski definition) is 4. The Morgan fingerprint density at radius 3 is 2.23 bits per heavy atom. The molecule has 1 unspecified atom stereocenters. The van der Waals surface area contributed by atoms with Crippen molar-refractivity contribution in [3.05, 3.63) is 12.2 Å². The summed E-state index contributed by atoms with van der Waals surface area (Å²) >= 11 is 0. The summed E-state index contributed by atoms with van der Waals surface area (Å²) in [5.41, 5.74) is 0. The van der Waals surface area contributed by atoms with E-state index in [1.807, 2.05) is 0 Å². The summed E-state index contributed by atoms with van der Waals surface area (Å²) in [6.45, 7) is 2.85. The zero-order chi connectivity index (χ0) is 16.1. The van der Waals surface area contributed by atoms with Crippen molar-refractivity contribution in [2.75, 3.05) is 26.4 Å². The van der Waals surface area contributed by atoms with Gasteiger partial charge in [-0.2, -0.15) is 0 Å². The van der Waals surface area contributed by atoms with Crippen LogP contribution < -0.4 is 34.7 Å². The number of aliphatic hydroxyl groups excluding tert-OH is 1. The van der Waals surface area contributed by atoms with Crippen LogP contribution in [0.4, 0.5) is 0 Å². The van der Waals surface area contributed by atoms with Crippen molar-refractivity contribution in [2.45, 2.75) is 45.4 Å². The van der Waals surface area contributed by atoms with E-state index in [4.69, 9.17) is 5.11 Å². The Hall–Kier alpha value is -0.400. The van der Waals surface area contributed by atoms with E-state index in [0.29, 0.717) is 6.54 Å². The number of aliphatic carboxylic acids is 2. The van der Waals surface area contributed by atoms with Gasteiger partial charge < -0.3 is 24.6 Å². The number of hydrogen-bond donors (Lipinski definition) is 2. The van der Waals surface area contributed by atoms with Gasteiger partial charge in [0.15, 0.2) is 6.73 Å². The first-order chi connectivity index (χ1) is 9.95. The van der Waals surface area contributed by atoms with Gasteiger partial charge in [0.25, 0.3) is 0 Å². The molecule has 7 heteroatoms. The van der Waals surface area contributed by atoms with Crippen LogP contribution in [0, 0.1) is 0 Å². The van der Waals surface area contributed by atoms with Crippen molar-refractivity contribution < 1.29 is 58.9 Å². The third-order valence-corrected chi connectivity index (χ3v) is 3.55. The van der Waals surface area contributed by atoms with Gasteiger partial charge in [0, 0.05) is 12.4 Å². The maximum Gasteiger partial charge on any atom is 1.00 e. The summed E-state index contributed by atoms with van der Waals surface area (Å²) in [6.07, 6.45) is 7.65. The SMILES string of the molecule is CC/C=C/CCCC[N+](CO)(CCC(=O)[O-])CCC(=O)O.[Na+]. The Kier molecular flexibility index (Phi) is 15.4. The molecule has 0 aliphatic carbocycles. The fourth-order valence-corrected chi connectivity index (χ4v) is 2.20. The zero-order valence-electron chi connectivity index (χ0n) is 13.8. The van der Waals surface area contributed by atoms with Gasteiger partial charge in [-0.05, 0) is 25.7 Å². The van der Waals surface area contributed by atoms with Gasteiger partial charge in [-0.1, -0.05) is 19.1 Å². The number of allylic oxidation sites excluding steroid dienone is 2. The second kappa shape index (κ2) is 14.2. The van der Waals surface area contributed by atoms with E-state index >= 15 is 0 Å². The molecule has 0 heterocycles. The second-order valence-electron chi connectivity index (χ2n) is 5.30. The van der Waals surface area contributed by atoms with Crippen molar-refractivity contribution in [1.82, 2.24) is 0 Å². The summed E-state index contributed by atoms with van der Waals surface area (Å²) in [4.78, 5) is 21.3. The summed E-state index contributed by atoms with van der Waals surface area (Å²) < 4.78 is 0.109. The molecule has 0 aromatic carbocycles. The quantitative estimate of drug-likeness (QED) is 0.128. The van der Waals surface area contributed by atoms with Crippen LogP contribution in [0.15, 0.2) is 12.2 Å². The Morgan fingerprint density at radius 1 is 1.09 bits per heavy atom. The fraction of sp³-hybridized carbons (Fsp3) is 0.733. The molecule has 122 valence electrons. The van der Waals surface area contributed by atoms with Gasteiger partial charge >= 0.3 is 35.5 Å². The molecule has 0 aliphatic heterocycles. The van der Waals surface area contributed by atoms with E-state index in [1.54, 1.807) is 0 Å². The number of carbonyl (C=O) groups excluding carboxylic acids is 1. The molecular formula is C15H27NNaO5+. The van der Waals surface area contributed by atoms with Gasteiger partial charge in [-0.15, -0.1) is 0 Å². The largest absolute Gasteiger partial charge is 1.00 e. The average molecular weight is 324 g/mol. The first-order valence-corrected chi connectivity index (χ1v) is 7.48. The molecule has 0 amide bonds. The maximum atomic E-state index is 10.7. The molecule has 0 saturated carbocycles. The predicted molar refractivity (Wildman–Crippen MR) is 77.1 cm³/mol. The van der Waals surface area contributed by atoms with E-state index in [1.165, 1.54) is 0 Å². The van der Waals surface area contributed by atoms with Crippen LogP contribution in [-0.4, -0.2) is 53.0 Å². The van der Waals surface area contributed by atoms with Crippen LogP contribution in [0.5, 0.6) is 0 Å². The monoisotopic (exact) mass is 324 g/mol. The topological polar surface area (TPSA) is 97.7 Å². The van der Waals surface area contributed by atoms with E-state index in [2.05, 4.69) is 19.1 Å². The van der Waals surface area contributed by atoms with Gasteiger partial charge in [0.1, 0.15) is 0 Å². The van der Waals surface area contributed by atoms with Crippen LogP contribution >= 0.6 is 0 Å². The molecule has 0 aliphatic rings. The van der Waals surface area contributed by atoms with Crippen molar-refractivity contribution in [3.8, 4) is 0 Å². The standard InChI is InChI=1S/C15H27NO5.Na/c1-2-3-4-5-6-7-10-16(13-17,11-8-14(18)19)12-9-15(20)21;/h3-4,17H,2,5-13H2,1H3,(H-,18,19,20,21);/q;+1/b4-3+;. The molecule has 0 aromatic rings. The molecule has 22 heavy (non-hydrogen) atoms. The molecule has 0 radical (unpaired) electrons. The summed E-state index contributed by atoms with van der Waals surface area (Å²) in [5, 5.41) is 29.0. The molecule has 0 bridgehead atoms. The average Bonchev–Trinajstić information content (AvgIpc) is 2.45. The molecule has 0 saturated heterocycles. The number of nitrogens with zero attached hydrogens (tertiary/aromatic N) is 1. The third kappa shape index (κ3) is 12.2. The van der Waals surface area contributed by atoms with Gasteiger partial charge in [-0.25, -0.2) is 0 Å². The van der Waals surface area contributed by atoms with E-state index < -0.39 is 11.9 Å². The van der Waals surface area contributed by atoms with Crippen LogP contribution in [0.2, 0.25) is 0 Å². The minimum atomic E-state index is -1.17. The molecule has 0 aromatic heterocycles. The van der Waals surface area contributed by atoms with Crippen molar-refractivity contribution in [1.29, 1.82) is 0 Å². The van der Waals surface area contributed by atoms with E-state index in [9.17, 15) is 19.8 Å². The molecule has 1 atom stereocenters. The van der Waals surface area contributed by atoms with Gasteiger partial charge in [0.05, 0.1) is 26.1 Å². The second-order valence-corrected chi connectivity index (χ2v) is 5.30. The summed E-state index contributed by atoms with van der Waals surface area (Å²) in [5.74, 6) is -2.11. The normalized spacial score (nSPS) is 13.5. The Balaban J connectivity index is 0. The first kappa shape index (κ1) is 23.9. The first-order valence-electron chi connectivity index (χ1n) is 7.48. The van der Waals surface area contributed by atoms with Crippen LogP contribution in [0.25, 0.3) is 0 Å². The molecule has 6 nitrogen and oxygen atoms in total. The zero-order valence-corrected chi connectivity index (χ0v) is 15.8. The Labute approximate surface area is 154 Å². The summed E-state index contributed by atoms with van der Waals surface area (Å²) in [6, 6.07) is 0. The van der Waals surface area contributed by atoms with Gasteiger partial charge in [0.2, 0.25) is 0 Å². The maximum absolute atomic E-state index is 10.7. The number of aliphatic hydroxyl groups is 1. The Morgan fingerprint density at radius 2 is 1.73 bits per heavy atom. The number of carboxylic acid groups (broad SMARTS) is 2. The number of rotatable bonds is 13. The van der Waals surface area contributed by atoms with Crippen molar-refractivity contribution in [3.63, 3.8) is 0 Å². The molecule has 0 spiro atoms. The number of carboxylic acids is 2. The van der Waals surface area contributed by atoms with Gasteiger partial charge in [-0.3, -0.25) is 4.79 Å². The summed E-state index contributed by atoms with van der Waals surface area (Å²) in [7, 11) is 0. The smallest absolute Gasteiger partial charge is 0.550 e. The Bertz CT molecular complexity index is 329. The molecule has 2 N–H and O–H groups in total. The van der Waals surface area contributed by atoms with Crippen LogP contribution in [0.1, 0.15) is 45.4 Å². The minimum Gasteiger partial charge on any atom is -0.550 e. The molecular weight excluding hydrogens is 297 g/mol.